The summed E-state index contributed by atoms with van der Waals surface area (Å²) in [5.74, 6) is 1.68. The molecule has 0 bridgehead atoms. The Morgan fingerprint density at radius 1 is 1.24 bits per heavy atom. The lowest BCUT2D eigenvalue weighted by Gasteiger charge is -2.41. The smallest absolute Gasteiger partial charge is 0.232 e. The first-order valence-electron chi connectivity index (χ1n) is 8.24. The molecule has 25 heavy (non-hydrogen) atoms. The van der Waals surface area contributed by atoms with Crippen LogP contribution >= 0.6 is 11.3 Å². The Morgan fingerprint density at radius 2 is 1.96 bits per heavy atom. The highest BCUT2D eigenvalue weighted by Crippen LogP contribution is 2.29. The van der Waals surface area contributed by atoms with Gasteiger partial charge in [-0.1, -0.05) is 0 Å². The second-order valence-corrected chi connectivity index (χ2v) is 7.23. The van der Waals surface area contributed by atoms with Crippen LogP contribution in [-0.4, -0.2) is 54.6 Å². The van der Waals surface area contributed by atoms with Crippen LogP contribution in [0.4, 0.5) is 5.95 Å². The third-order valence-electron chi connectivity index (χ3n) is 4.72. The largest absolute Gasteiger partial charge is 0.481 e. The Bertz CT molecular complexity index is 766. The Morgan fingerprint density at radius 3 is 2.64 bits per heavy atom. The van der Waals surface area contributed by atoms with Crippen molar-refractivity contribution < 1.29 is 14.3 Å². The van der Waals surface area contributed by atoms with E-state index in [0.29, 0.717) is 30.8 Å². The third-order valence-corrected chi connectivity index (χ3v) is 5.74. The number of fused-ring (bicyclic) bond motifs is 1. The zero-order valence-electron chi connectivity index (χ0n) is 14.3. The molecule has 1 amide bonds. The van der Waals surface area contributed by atoms with Crippen molar-refractivity contribution in [3.05, 3.63) is 28.0 Å². The van der Waals surface area contributed by atoms with Crippen LogP contribution < -0.4 is 14.4 Å². The number of carbonyl (C=O) groups is 1. The Kier molecular flexibility index (Phi) is 4.20. The van der Waals surface area contributed by atoms with E-state index in [2.05, 4.69) is 21.4 Å². The summed E-state index contributed by atoms with van der Waals surface area (Å²) in [4.78, 5) is 26.8. The molecule has 0 atom stereocenters. The highest BCUT2D eigenvalue weighted by molar-refractivity contribution is 7.10. The van der Waals surface area contributed by atoms with Gasteiger partial charge >= 0.3 is 0 Å². The number of ether oxygens (including phenoxy) is 2. The number of amides is 1. The molecule has 0 aliphatic carbocycles. The lowest BCUT2D eigenvalue weighted by atomic mass is 9.97. The standard InChI is InChI=1S/C17H20N4O3S/c1-23-14-7-15(24-2)19-17(18-14)21-9-12(10-21)16(22)20-5-3-13-11(8-20)4-6-25-13/h4,6-7,12H,3,5,8-10H2,1-2H3. The van der Waals surface area contributed by atoms with Crippen LogP contribution in [0.1, 0.15) is 10.4 Å². The van der Waals surface area contributed by atoms with Crippen molar-refractivity contribution in [3.63, 3.8) is 0 Å². The normalized spacial score (nSPS) is 17.0. The van der Waals surface area contributed by atoms with Gasteiger partial charge in [-0.25, -0.2) is 0 Å². The second kappa shape index (κ2) is 6.51. The monoisotopic (exact) mass is 360 g/mol. The molecule has 7 nitrogen and oxygen atoms in total. The molecule has 1 saturated heterocycles. The minimum atomic E-state index is 0.000909. The maximum absolute atomic E-state index is 12.7. The first kappa shape index (κ1) is 16.1. The number of hydrogen-bond acceptors (Lipinski definition) is 7. The van der Waals surface area contributed by atoms with Crippen molar-refractivity contribution in [3.8, 4) is 11.8 Å². The molecule has 0 spiro atoms. The van der Waals surface area contributed by atoms with Crippen LogP contribution in [0.15, 0.2) is 17.5 Å². The van der Waals surface area contributed by atoms with E-state index in [9.17, 15) is 4.79 Å². The fourth-order valence-electron chi connectivity index (χ4n) is 3.24. The predicted octanol–water partition coefficient (Wildman–Crippen LogP) is 1.58. The van der Waals surface area contributed by atoms with Crippen LogP contribution in [0.3, 0.4) is 0 Å². The van der Waals surface area contributed by atoms with E-state index in [1.54, 1.807) is 31.6 Å². The number of hydrogen-bond donors (Lipinski definition) is 0. The third kappa shape index (κ3) is 3.02. The molecular formula is C17H20N4O3S. The van der Waals surface area contributed by atoms with Crippen LogP contribution in [-0.2, 0) is 17.8 Å². The van der Waals surface area contributed by atoms with Crippen LogP contribution in [0.25, 0.3) is 0 Å². The summed E-state index contributed by atoms with van der Waals surface area (Å²) in [7, 11) is 3.12. The molecule has 4 rings (SSSR count). The topological polar surface area (TPSA) is 67.8 Å². The molecule has 2 aliphatic rings. The highest BCUT2D eigenvalue weighted by atomic mass is 32.1. The molecular weight excluding hydrogens is 340 g/mol. The Hall–Kier alpha value is -2.35. The van der Waals surface area contributed by atoms with Crippen LogP contribution in [0, 0.1) is 5.92 Å². The average molecular weight is 360 g/mol. The number of anilines is 1. The average Bonchev–Trinajstić information content (AvgIpc) is 3.07. The number of thiophene rings is 1. The predicted molar refractivity (Wildman–Crippen MR) is 94.3 cm³/mol. The van der Waals surface area contributed by atoms with Crippen LogP contribution in [0.5, 0.6) is 11.8 Å². The lowest BCUT2D eigenvalue weighted by molar-refractivity contribution is -0.137. The van der Waals surface area contributed by atoms with E-state index in [1.165, 1.54) is 10.4 Å². The van der Waals surface area contributed by atoms with Gasteiger partial charge in [-0.2, -0.15) is 9.97 Å². The molecule has 2 aliphatic heterocycles. The molecule has 2 aromatic heterocycles. The minimum absolute atomic E-state index is 0.000909. The molecule has 1 fully saturated rings. The summed E-state index contributed by atoms with van der Waals surface area (Å²) in [6.07, 6.45) is 0.964. The van der Waals surface area contributed by atoms with Gasteiger partial charge in [0.1, 0.15) is 0 Å². The molecule has 0 radical (unpaired) electrons. The van der Waals surface area contributed by atoms with Gasteiger partial charge in [-0.05, 0) is 23.4 Å². The number of aromatic nitrogens is 2. The van der Waals surface area contributed by atoms with E-state index in [-0.39, 0.29) is 11.8 Å². The molecule has 2 aromatic rings. The van der Waals surface area contributed by atoms with E-state index in [4.69, 9.17) is 9.47 Å². The fraction of sp³-hybridized carbons (Fsp3) is 0.471. The lowest BCUT2D eigenvalue weighted by Crippen LogP contribution is -2.55. The number of rotatable bonds is 4. The highest BCUT2D eigenvalue weighted by Gasteiger charge is 2.38. The van der Waals surface area contributed by atoms with Gasteiger partial charge in [0.2, 0.25) is 23.6 Å². The summed E-state index contributed by atoms with van der Waals surface area (Å²) in [5, 5.41) is 2.11. The molecule has 4 heterocycles. The van der Waals surface area contributed by atoms with Crippen molar-refractivity contribution in [1.82, 2.24) is 14.9 Å². The number of nitrogens with zero attached hydrogens (tertiary/aromatic N) is 4. The maximum Gasteiger partial charge on any atom is 0.232 e. The molecule has 0 saturated carbocycles. The number of methoxy groups -OCH3 is 2. The summed E-state index contributed by atoms with van der Waals surface area (Å²) >= 11 is 1.79. The van der Waals surface area contributed by atoms with Gasteiger partial charge in [0, 0.05) is 31.1 Å². The first-order chi connectivity index (χ1) is 12.2. The van der Waals surface area contributed by atoms with E-state index >= 15 is 0 Å². The fourth-order valence-corrected chi connectivity index (χ4v) is 4.13. The van der Waals surface area contributed by atoms with Crippen molar-refractivity contribution in [1.29, 1.82) is 0 Å². The zero-order valence-corrected chi connectivity index (χ0v) is 15.1. The van der Waals surface area contributed by atoms with Gasteiger partial charge < -0.3 is 19.3 Å². The van der Waals surface area contributed by atoms with Crippen molar-refractivity contribution in [2.45, 2.75) is 13.0 Å². The van der Waals surface area contributed by atoms with E-state index in [1.807, 2.05) is 9.80 Å². The quantitative estimate of drug-likeness (QED) is 0.825. The Labute approximate surface area is 150 Å². The van der Waals surface area contributed by atoms with E-state index < -0.39 is 0 Å². The summed E-state index contributed by atoms with van der Waals surface area (Å²) < 4.78 is 10.4. The molecule has 0 N–H and O–H groups in total. The summed E-state index contributed by atoms with van der Waals surface area (Å²) in [6, 6.07) is 3.76. The van der Waals surface area contributed by atoms with Gasteiger partial charge in [-0.3, -0.25) is 4.79 Å². The molecule has 132 valence electrons. The van der Waals surface area contributed by atoms with Gasteiger partial charge in [-0.15, -0.1) is 11.3 Å². The molecule has 0 aromatic carbocycles. The van der Waals surface area contributed by atoms with Gasteiger partial charge in [0.05, 0.1) is 26.2 Å². The second-order valence-electron chi connectivity index (χ2n) is 6.23. The van der Waals surface area contributed by atoms with Gasteiger partial charge in [0.15, 0.2) is 0 Å². The number of carbonyl (C=O) groups excluding carboxylic acids is 1. The van der Waals surface area contributed by atoms with E-state index in [0.717, 1.165) is 19.5 Å². The maximum atomic E-state index is 12.7. The summed E-state index contributed by atoms with van der Waals surface area (Å²) in [5.41, 5.74) is 1.29. The van der Waals surface area contributed by atoms with Crippen molar-refractivity contribution in [2.75, 3.05) is 38.8 Å². The van der Waals surface area contributed by atoms with Gasteiger partial charge in [0.25, 0.3) is 0 Å². The van der Waals surface area contributed by atoms with Crippen LogP contribution in [0.2, 0.25) is 0 Å². The molecule has 8 heteroatoms. The first-order valence-corrected chi connectivity index (χ1v) is 9.12. The zero-order chi connectivity index (χ0) is 17.4. The minimum Gasteiger partial charge on any atom is -0.481 e. The van der Waals surface area contributed by atoms with Crippen molar-refractivity contribution >= 4 is 23.2 Å². The Balaban J connectivity index is 1.40. The van der Waals surface area contributed by atoms with Crippen molar-refractivity contribution in [2.24, 2.45) is 5.92 Å². The summed E-state index contributed by atoms with van der Waals surface area (Å²) in [6.45, 7) is 2.80. The molecule has 0 unspecified atom stereocenters. The SMILES string of the molecule is COc1cc(OC)nc(N2CC(C(=O)N3CCc4sccc4C3)C2)n1.